The molecule has 1 aliphatic rings. The van der Waals surface area contributed by atoms with E-state index in [-0.39, 0.29) is 43.6 Å². The fraction of sp³-hybridized carbons (Fsp3) is 0.364. The molecule has 1 fully saturated rings. The van der Waals surface area contributed by atoms with Crippen molar-refractivity contribution in [2.24, 2.45) is 0 Å². The SMILES string of the molecule is CC(C)OC(=O)NC(CNC(=O)c1ccc(Cl)s1)C(=O)Nc1ccc(N2CCOCC2=O)c(F)c1. The van der Waals surface area contributed by atoms with Gasteiger partial charge >= 0.3 is 6.09 Å². The Bertz CT molecular complexity index is 1110. The van der Waals surface area contributed by atoms with Crippen molar-refractivity contribution in [3.8, 4) is 0 Å². The van der Waals surface area contributed by atoms with E-state index in [4.69, 9.17) is 21.1 Å². The lowest BCUT2D eigenvalue weighted by atomic mass is 10.2. The number of alkyl carbamates (subject to hydrolysis) is 1. The van der Waals surface area contributed by atoms with Crippen LogP contribution in [-0.4, -0.2) is 62.3 Å². The first-order valence-electron chi connectivity index (χ1n) is 10.6. The van der Waals surface area contributed by atoms with Crippen molar-refractivity contribution in [2.45, 2.75) is 26.0 Å². The van der Waals surface area contributed by atoms with Gasteiger partial charge in [0.15, 0.2) is 0 Å². The van der Waals surface area contributed by atoms with Crippen molar-refractivity contribution < 1.29 is 33.0 Å². The maximum atomic E-state index is 14.7. The van der Waals surface area contributed by atoms with E-state index in [0.717, 1.165) is 17.4 Å². The highest BCUT2D eigenvalue weighted by atomic mass is 35.5. The number of rotatable bonds is 8. The van der Waals surface area contributed by atoms with Gasteiger partial charge in [0, 0.05) is 18.8 Å². The molecule has 0 bridgehead atoms. The first-order valence-corrected chi connectivity index (χ1v) is 11.8. The Hall–Kier alpha value is -3.22. The largest absolute Gasteiger partial charge is 0.447 e. The highest BCUT2D eigenvalue weighted by molar-refractivity contribution is 7.18. The molecular formula is C22H24ClFN4O6S. The first kappa shape index (κ1) is 26.4. The number of ether oxygens (including phenoxy) is 2. The number of halogens is 2. The number of amides is 4. The molecule has 1 aromatic carbocycles. The normalized spacial score (nSPS) is 14.4. The molecule has 2 aromatic rings. The van der Waals surface area contributed by atoms with E-state index in [0.29, 0.717) is 9.21 Å². The van der Waals surface area contributed by atoms with Crippen LogP contribution in [0.4, 0.5) is 20.6 Å². The van der Waals surface area contributed by atoms with Crippen LogP contribution in [0.25, 0.3) is 0 Å². The van der Waals surface area contributed by atoms with Crippen LogP contribution in [-0.2, 0) is 19.1 Å². The van der Waals surface area contributed by atoms with Gasteiger partial charge in [0.2, 0.25) is 5.91 Å². The molecule has 3 N–H and O–H groups in total. The smallest absolute Gasteiger partial charge is 0.408 e. The maximum absolute atomic E-state index is 14.7. The Morgan fingerprint density at radius 2 is 2.03 bits per heavy atom. The van der Waals surface area contributed by atoms with Crippen LogP contribution < -0.4 is 20.9 Å². The van der Waals surface area contributed by atoms with E-state index >= 15 is 0 Å². The zero-order valence-corrected chi connectivity index (χ0v) is 20.5. The highest BCUT2D eigenvalue weighted by Crippen LogP contribution is 2.24. The Morgan fingerprint density at radius 3 is 2.66 bits per heavy atom. The molecule has 0 saturated carbocycles. The summed E-state index contributed by atoms with van der Waals surface area (Å²) in [5, 5.41) is 7.45. The predicted octanol–water partition coefficient (Wildman–Crippen LogP) is 2.78. The van der Waals surface area contributed by atoms with Crippen molar-refractivity contribution in [1.29, 1.82) is 0 Å². The molecular weight excluding hydrogens is 503 g/mol. The number of hydrogen-bond donors (Lipinski definition) is 3. The fourth-order valence-corrected chi connectivity index (χ4v) is 4.08. The number of hydrogen-bond acceptors (Lipinski definition) is 7. The molecule has 1 aromatic heterocycles. The van der Waals surface area contributed by atoms with Crippen LogP contribution in [0.1, 0.15) is 23.5 Å². The summed E-state index contributed by atoms with van der Waals surface area (Å²) in [4.78, 5) is 50.9. The minimum atomic E-state index is -1.23. The molecule has 3 rings (SSSR count). The summed E-state index contributed by atoms with van der Waals surface area (Å²) in [6.07, 6.45) is -1.30. The maximum Gasteiger partial charge on any atom is 0.408 e. The van der Waals surface area contributed by atoms with E-state index in [1.807, 2.05) is 0 Å². The van der Waals surface area contributed by atoms with Crippen molar-refractivity contribution in [3.05, 3.63) is 45.4 Å². The van der Waals surface area contributed by atoms with Crippen LogP contribution in [0.3, 0.4) is 0 Å². The number of nitrogens with zero attached hydrogens (tertiary/aromatic N) is 1. The molecule has 1 saturated heterocycles. The Labute approximate surface area is 209 Å². The number of morpholine rings is 1. The summed E-state index contributed by atoms with van der Waals surface area (Å²) in [7, 11) is 0. The third-order valence-electron chi connectivity index (χ3n) is 4.71. The standard InChI is InChI=1S/C22H24ClFN4O6S/c1-12(2)34-22(32)27-15(10-25-21(31)17-5-6-18(23)35-17)20(30)26-13-3-4-16(14(24)9-13)28-7-8-33-11-19(28)29/h3-6,9,12,15H,7-8,10-11H2,1-2H3,(H,25,31)(H,26,30)(H,27,32). The van der Waals surface area contributed by atoms with Crippen LogP contribution in [0.15, 0.2) is 30.3 Å². The van der Waals surface area contributed by atoms with E-state index in [1.54, 1.807) is 19.9 Å². The number of nitrogens with one attached hydrogen (secondary N) is 3. The van der Waals surface area contributed by atoms with Gasteiger partial charge in [-0.3, -0.25) is 14.4 Å². The second-order valence-electron chi connectivity index (χ2n) is 7.72. The summed E-state index contributed by atoms with van der Waals surface area (Å²) in [5.41, 5.74) is 0.158. The van der Waals surface area contributed by atoms with Crippen LogP contribution >= 0.6 is 22.9 Å². The van der Waals surface area contributed by atoms with Gasteiger partial charge < -0.3 is 30.3 Å². The molecule has 0 radical (unpaired) electrons. The predicted molar refractivity (Wildman–Crippen MR) is 128 cm³/mol. The molecule has 10 nitrogen and oxygen atoms in total. The minimum Gasteiger partial charge on any atom is -0.447 e. The van der Waals surface area contributed by atoms with Gasteiger partial charge in [-0.1, -0.05) is 11.6 Å². The molecule has 1 unspecified atom stereocenters. The fourth-order valence-electron chi connectivity index (χ4n) is 3.12. The van der Waals surface area contributed by atoms with Crippen LogP contribution in [0.5, 0.6) is 0 Å². The monoisotopic (exact) mass is 526 g/mol. The lowest BCUT2D eigenvalue weighted by Gasteiger charge is -2.27. The quantitative estimate of drug-likeness (QED) is 0.485. The Morgan fingerprint density at radius 1 is 1.26 bits per heavy atom. The molecule has 0 spiro atoms. The highest BCUT2D eigenvalue weighted by Gasteiger charge is 2.26. The van der Waals surface area contributed by atoms with Crippen LogP contribution in [0, 0.1) is 5.82 Å². The second kappa shape index (κ2) is 12.0. The van der Waals surface area contributed by atoms with Gasteiger partial charge in [0.1, 0.15) is 18.5 Å². The topological polar surface area (TPSA) is 126 Å². The van der Waals surface area contributed by atoms with E-state index in [2.05, 4.69) is 16.0 Å². The molecule has 13 heteroatoms. The van der Waals surface area contributed by atoms with E-state index < -0.39 is 35.9 Å². The van der Waals surface area contributed by atoms with Gasteiger partial charge in [-0.15, -0.1) is 11.3 Å². The molecule has 35 heavy (non-hydrogen) atoms. The third-order valence-corrected chi connectivity index (χ3v) is 5.94. The Balaban J connectivity index is 1.69. The summed E-state index contributed by atoms with van der Waals surface area (Å²) in [5.74, 6) is -2.29. The number of thiophene rings is 1. The molecule has 188 valence electrons. The summed E-state index contributed by atoms with van der Waals surface area (Å²) in [6, 6.07) is 5.71. The summed E-state index contributed by atoms with van der Waals surface area (Å²) in [6.45, 7) is 3.37. The first-order chi connectivity index (χ1) is 16.6. The number of benzene rings is 1. The minimum absolute atomic E-state index is 0.0633. The number of anilines is 2. The summed E-state index contributed by atoms with van der Waals surface area (Å²) < 4.78 is 25.2. The van der Waals surface area contributed by atoms with Gasteiger partial charge in [0.05, 0.1) is 27.6 Å². The average Bonchev–Trinajstić information content (AvgIpc) is 3.23. The lowest BCUT2D eigenvalue weighted by molar-refractivity contribution is -0.125. The number of carbonyl (C=O) groups excluding carboxylic acids is 4. The zero-order chi connectivity index (χ0) is 25.5. The molecule has 0 aliphatic carbocycles. The molecule has 2 heterocycles. The van der Waals surface area contributed by atoms with Gasteiger partial charge in [-0.05, 0) is 44.2 Å². The summed E-state index contributed by atoms with van der Waals surface area (Å²) >= 11 is 6.91. The molecule has 4 amide bonds. The van der Waals surface area contributed by atoms with E-state index in [1.165, 1.54) is 23.1 Å². The third kappa shape index (κ3) is 7.38. The second-order valence-corrected chi connectivity index (χ2v) is 9.43. The van der Waals surface area contributed by atoms with Crippen LogP contribution in [0.2, 0.25) is 4.34 Å². The van der Waals surface area contributed by atoms with Crippen molar-refractivity contribution in [3.63, 3.8) is 0 Å². The lowest BCUT2D eigenvalue weighted by Crippen LogP contribution is -2.51. The molecule has 1 aliphatic heterocycles. The van der Waals surface area contributed by atoms with Crippen molar-refractivity contribution in [2.75, 3.05) is 36.5 Å². The zero-order valence-electron chi connectivity index (χ0n) is 18.9. The average molecular weight is 527 g/mol. The Kier molecular flexibility index (Phi) is 9.01. The van der Waals surface area contributed by atoms with Gasteiger partial charge in [0.25, 0.3) is 11.8 Å². The van der Waals surface area contributed by atoms with Crippen molar-refractivity contribution >= 4 is 58.1 Å². The van der Waals surface area contributed by atoms with E-state index in [9.17, 15) is 23.6 Å². The van der Waals surface area contributed by atoms with Gasteiger partial charge in [-0.25, -0.2) is 9.18 Å². The van der Waals surface area contributed by atoms with Gasteiger partial charge in [-0.2, -0.15) is 0 Å². The molecule has 1 atom stereocenters. The van der Waals surface area contributed by atoms with Crippen molar-refractivity contribution in [1.82, 2.24) is 10.6 Å². The number of carbonyl (C=O) groups is 4.